The van der Waals surface area contributed by atoms with Gasteiger partial charge in [0.15, 0.2) is 11.5 Å². The monoisotopic (exact) mass is 607 g/mol. The first kappa shape index (κ1) is 28.8. The number of nitrogens with zero attached hydrogens (tertiary/aromatic N) is 6. The molecule has 12 nitrogen and oxygen atoms in total. The normalized spacial score (nSPS) is 13.7. The van der Waals surface area contributed by atoms with Crippen molar-refractivity contribution in [2.24, 2.45) is 0 Å². The molecular formula is C29H24F3N7O5. The third kappa shape index (κ3) is 6.36. The molecule has 1 aromatic carbocycles. The van der Waals surface area contributed by atoms with Crippen LogP contribution >= 0.6 is 0 Å². The largest absolute Gasteiger partial charge is 0.491 e. The Bertz CT molecular complexity index is 1820. The van der Waals surface area contributed by atoms with Crippen LogP contribution < -0.4 is 15.0 Å². The minimum atomic E-state index is -5.26. The van der Waals surface area contributed by atoms with Gasteiger partial charge in [-0.1, -0.05) is 18.2 Å². The number of hydrogen-bond donors (Lipinski definition) is 1. The second-order valence-corrected chi connectivity index (χ2v) is 9.67. The van der Waals surface area contributed by atoms with E-state index in [0.717, 1.165) is 10.9 Å². The van der Waals surface area contributed by atoms with E-state index in [1.807, 2.05) is 40.9 Å². The first-order valence-electron chi connectivity index (χ1n) is 13.4. The second kappa shape index (κ2) is 12.1. The third-order valence-corrected chi connectivity index (χ3v) is 6.69. The maximum Gasteiger partial charge on any atom is 0.491 e. The quantitative estimate of drug-likeness (QED) is 0.204. The van der Waals surface area contributed by atoms with Crippen molar-refractivity contribution in [3.8, 4) is 17.1 Å². The molecule has 5 heterocycles. The second-order valence-electron chi connectivity index (χ2n) is 9.67. The zero-order chi connectivity index (χ0) is 30.7. The number of alkyl halides is 3. The van der Waals surface area contributed by atoms with E-state index in [2.05, 4.69) is 24.9 Å². The van der Waals surface area contributed by atoms with E-state index >= 15 is 0 Å². The van der Waals surface area contributed by atoms with Crippen molar-refractivity contribution in [3.05, 3.63) is 72.8 Å². The molecule has 0 spiro atoms. The number of benzene rings is 1. The number of ether oxygens (including phenoxy) is 3. The van der Waals surface area contributed by atoms with E-state index in [4.69, 9.17) is 19.4 Å². The number of morpholine rings is 1. The molecule has 4 aromatic heterocycles. The average Bonchev–Trinajstić information content (AvgIpc) is 3.47. The van der Waals surface area contributed by atoms with Crippen LogP contribution in [-0.4, -0.2) is 75.3 Å². The molecule has 5 aromatic rings. The Morgan fingerprint density at radius 3 is 2.57 bits per heavy atom. The van der Waals surface area contributed by atoms with Crippen molar-refractivity contribution >= 4 is 40.1 Å². The van der Waals surface area contributed by atoms with Crippen LogP contribution in [0.5, 0.6) is 5.88 Å². The number of rotatable bonds is 8. The summed E-state index contributed by atoms with van der Waals surface area (Å²) in [6.45, 7) is 1.90. The highest BCUT2D eigenvalue weighted by atomic mass is 19.4. The fraction of sp³-hybridized carbons (Fsp3) is 0.241. The summed E-state index contributed by atoms with van der Waals surface area (Å²) < 4.78 is 54.0. The lowest BCUT2D eigenvalue weighted by atomic mass is 10.2. The number of nitrogens with one attached hydrogen (secondary N) is 1. The van der Waals surface area contributed by atoms with E-state index in [1.54, 1.807) is 18.3 Å². The van der Waals surface area contributed by atoms with E-state index < -0.39 is 24.7 Å². The van der Waals surface area contributed by atoms with Gasteiger partial charge in [-0.2, -0.15) is 13.2 Å². The first-order chi connectivity index (χ1) is 21.2. The molecule has 0 bridgehead atoms. The van der Waals surface area contributed by atoms with Crippen LogP contribution in [0.15, 0.2) is 67.1 Å². The van der Waals surface area contributed by atoms with E-state index in [9.17, 15) is 22.8 Å². The number of para-hydroxylation sites is 1. The predicted molar refractivity (Wildman–Crippen MR) is 151 cm³/mol. The average molecular weight is 608 g/mol. The highest BCUT2D eigenvalue weighted by Crippen LogP contribution is 2.28. The number of pyridine rings is 2. The molecule has 0 atom stereocenters. The zero-order valence-corrected chi connectivity index (χ0v) is 23.0. The smallest absolute Gasteiger partial charge is 0.471 e. The van der Waals surface area contributed by atoms with Crippen LogP contribution in [0.25, 0.3) is 27.8 Å². The van der Waals surface area contributed by atoms with Gasteiger partial charge in [-0.05, 0) is 24.3 Å². The summed E-state index contributed by atoms with van der Waals surface area (Å²) in [5.74, 6) is -2.64. The number of hydrogen-bond acceptors (Lipinski definition) is 11. The maximum absolute atomic E-state index is 12.3. The van der Waals surface area contributed by atoms with Crippen molar-refractivity contribution in [3.63, 3.8) is 0 Å². The van der Waals surface area contributed by atoms with Crippen molar-refractivity contribution in [2.45, 2.75) is 12.8 Å². The van der Waals surface area contributed by atoms with Crippen LogP contribution in [0, 0.1) is 0 Å². The van der Waals surface area contributed by atoms with Crippen LogP contribution in [0.1, 0.15) is 5.69 Å². The van der Waals surface area contributed by atoms with Gasteiger partial charge < -0.3 is 24.4 Å². The highest BCUT2D eigenvalue weighted by Gasteiger charge is 2.42. The number of fused-ring (bicyclic) bond motifs is 2. The molecule has 0 radical (unpaired) electrons. The number of imidazole rings is 1. The molecule has 1 saturated heterocycles. The lowest BCUT2D eigenvalue weighted by Gasteiger charge is -2.28. The number of anilines is 2. The number of carbonyl (C=O) groups excluding carboxylic acids is 2. The fourth-order valence-electron chi connectivity index (χ4n) is 4.58. The van der Waals surface area contributed by atoms with Crippen LogP contribution in [0.4, 0.5) is 24.8 Å². The Labute approximate surface area is 247 Å². The van der Waals surface area contributed by atoms with Crippen LogP contribution in [0.3, 0.4) is 0 Å². The standard InChI is InChI=1S/C29H24F3N7O5/c30-29(31,32)28(41)44-25(40)15-34-23-7-5-19(13-33-23)22-14-35-26(38-9-11-42-12-10-38)27-36-20(16-39(22)27)17-43-24-8-6-18-3-1-2-4-21(18)37-24/h1-8,13-14,16H,9-12,15,17H2,(H,33,34). The van der Waals surface area contributed by atoms with E-state index in [-0.39, 0.29) is 12.4 Å². The maximum atomic E-state index is 12.3. The molecule has 1 aliphatic rings. The molecule has 0 unspecified atom stereocenters. The van der Waals surface area contributed by atoms with Gasteiger partial charge in [-0.15, -0.1) is 0 Å². The Balaban J connectivity index is 1.23. The van der Waals surface area contributed by atoms with Gasteiger partial charge in [0.05, 0.1) is 36.3 Å². The van der Waals surface area contributed by atoms with Crippen LogP contribution in [-0.2, 0) is 25.7 Å². The van der Waals surface area contributed by atoms with E-state index in [1.165, 1.54) is 12.3 Å². The molecule has 1 fully saturated rings. The fourth-order valence-corrected chi connectivity index (χ4v) is 4.58. The summed E-state index contributed by atoms with van der Waals surface area (Å²) in [6, 6.07) is 14.7. The predicted octanol–water partition coefficient (Wildman–Crippen LogP) is 3.80. The van der Waals surface area contributed by atoms with Gasteiger partial charge in [-0.3, -0.25) is 4.40 Å². The Kier molecular flexibility index (Phi) is 7.93. The molecular weight excluding hydrogens is 583 g/mol. The van der Waals surface area contributed by atoms with Crippen molar-refractivity contribution in [1.29, 1.82) is 0 Å². The van der Waals surface area contributed by atoms with Crippen molar-refractivity contribution in [2.75, 3.05) is 43.1 Å². The minimum Gasteiger partial charge on any atom is -0.471 e. The lowest BCUT2D eigenvalue weighted by Crippen LogP contribution is -2.37. The Hall–Kier alpha value is -5.31. The third-order valence-electron chi connectivity index (χ3n) is 6.69. The SMILES string of the molecule is O=C(CNc1ccc(-c2cnc(N3CCOCC3)c3nc(COc4ccc5ccccc5n4)cn23)cn1)OC(=O)C(F)(F)F. The number of halogens is 3. The number of esters is 2. The summed E-state index contributed by atoms with van der Waals surface area (Å²) in [5.41, 5.74) is 3.38. The molecule has 0 saturated carbocycles. The number of carbonyl (C=O) groups is 2. The highest BCUT2D eigenvalue weighted by molar-refractivity contribution is 5.90. The molecule has 44 heavy (non-hydrogen) atoms. The molecule has 1 aliphatic heterocycles. The van der Waals surface area contributed by atoms with Gasteiger partial charge in [-0.25, -0.2) is 29.5 Å². The Morgan fingerprint density at radius 2 is 1.80 bits per heavy atom. The molecule has 0 aliphatic carbocycles. The zero-order valence-electron chi connectivity index (χ0n) is 23.0. The molecule has 6 rings (SSSR count). The molecule has 0 amide bonds. The summed E-state index contributed by atoms with van der Waals surface area (Å²) in [4.78, 5) is 42.9. The van der Waals surface area contributed by atoms with Gasteiger partial charge in [0.1, 0.15) is 19.0 Å². The first-order valence-corrected chi connectivity index (χ1v) is 13.4. The molecule has 15 heteroatoms. The number of aromatic nitrogens is 5. The van der Waals surface area contributed by atoms with E-state index in [0.29, 0.717) is 60.6 Å². The van der Waals surface area contributed by atoms with Crippen molar-refractivity contribution in [1.82, 2.24) is 24.3 Å². The van der Waals surface area contributed by atoms with Gasteiger partial charge in [0.2, 0.25) is 5.88 Å². The molecule has 226 valence electrons. The van der Waals surface area contributed by atoms with Gasteiger partial charge >= 0.3 is 18.1 Å². The summed E-state index contributed by atoms with van der Waals surface area (Å²) in [6.07, 6.45) is -0.218. The van der Waals surface area contributed by atoms with Crippen molar-refractivity contribution < 1.29 is 37.0 Å². The summed E-state index contributed by atoms with van der Waals surface area (Å²) in [5, 5.41) is 3.54. The summed E-state index contributed by atoms with van der Waals surface area (Å²) in [7, 11) is 0. The Morgan fingerprint density at radius 1 is 0.977 bits per heavy atom. The van der Waals surface area contributed by atoms with Gasteiger partial charge in [0.25, 0.3) is 0 Å². The minimum absolute atomic E-state index is 0.156. The van der Waals surface area contributed by atoms with Crippen LogP contribution in [0.2, 0.25) is 0 Å². The topological polar surface area (TPSA) is 133 Å². The lowest BCUT2D eigenvalue weighted by molar-refractivity contribution is -0.201. The van der Waals surface area contributed by atoms with Gasteiger partial charge in [0, 0.05) is 42.5 Å². The summed E-state index contributed by atoms with van der Waals surface area (Å²) >= 11 is 0. The molecule has 1 N–H and O–H groups in total.